The molecule has 0 saturated carbocycles. The van der Waals surface area contributed by atoms with Crippen LogP contribution in [0.3, 0.4) is 0 Å². The quantitative estimate of drug-likeness (QED) is 0.786. The third kappa shape index (κ3) is 3.84. The third-order valence-electron chi connectivity index (χ3n) is 2.91. The number of rotatable bonds is 3. The van der Waals surface area contributed by atoms with Gasteiger partial charge in [-0.05, 0) is 24.6 Å². The van der Waals surface area contributed by atoms with E-state index in [1.165, 1.54) is 12.1 Å². The summed E-state index contributed by atoms with van der Waals surface area (Å²) in [6, 6.07) is 12.2. The van der Waals surface area contributed by atoms with Gasteiger partial charge in [0.1, 0.15) is 6.61 Å². The second-order valence-electron chi connectivity index (χ2n) is 4.61. The van der Waals surface area contributed by atoms with Crippen LogP contribution >= 0.6 is 0 Å². The maximum absolute atomic E-state index is 12.9. The summed E-state index contributed by atoms with van der Waals surface area (Å²) in [7, 11) is 0. The number of hydrogen-bond acceptors (Lipinski definition) is 2. The molecular weight excluding hydrogens is 281 g/mol. The zero-order valence-electron chi connectivity index (χ0n) is 11.3. The normalized spacial score (nSPS) is 11.2. The highest BCUT2D eigenvalue weighted by atomic mass is 19.4. The van der Waals surface area contributed by atoms with E-state index in [0.29, 0.717) is 11.1 Å². The van der Waals surface area contributed by atoms with Crippen LogP contribution in [0.2, 0.25) is 0 Å². The molecule has 2 nitrogen and oxygen atoms in total. The first-order valence-corrected chi connectivity index (χ1v) is 6.27. The van der Waals surface area contributed by atoms with Gasteiger partial charge >= 0.3 is 12.1 Å². The van der Waals surface area contributed by atoms with E-state index in [2.05, 4.69) is 0 Å². The van der Waals surface area contributed by atoms with Gasteiger partial charge in [-0.25, -0.2) is 4.79 Å². The van der Waals surface area contributed by atoms with E-state index in [1.807, 2.05) is 0 Å². The van der Waals surface area contributed by atoms with Crippen molar-refractivity contribution in [2.75, 3.05) is 0 Å². The van der Waals surface area contributed by atoms with Gasteiger partial charge in [-0.1, -0.05) is 42.0 Å². The number of esters is 1. The fourth-order valence-electron chi connectivity index (χ4n) is 1.88. The van der Waals surface area contributed by atoms with Crippen molar-refractivity contribution in [1.82, 2.24) is 0 Å². The Morgan fingerprint density at radius 3 is 2.38 bits per heavy atom. The van der Waals surface area contributed by atoms with E-state index in [1.54, 1.807) is 37.3 Å². The molecule has 0 spiro atoms. The van der Waals surface area contributed by atoms with E-state index in [4.69, 9.17) is 4.74 Å². The minimum atomic E-state index is -4.59. The van der Waals surface area contributed by atoms with Gasteiger partial charge in [-0.3, -0.25) is 0 Å². The molecule has 0 heterocycles. The van der Waals surface area contributed by atoms with Crippen molar-refractivity contribution in [2.24, 2.45) is 0 Å². The monoisotopic (exact) mass is 294 g/mol. The summed E-state index contributed by atoms with van der Waals surface area (Å²) >= 11 is 0. The molecule has 0 saturated heterocycles. The van der Waals surface area contributed by atoms with Gasteiger partial charge in [0.15, 0.2) is 0 Å². The zero-order chi connectivity index (χ0) is 15.5. The second kappa shape index (κ2) is 5.99. The van der Waals surface area contributed by atoms with Crippen LogP contribution in [0.1, 0.15) is 27.0 Å². The Bertz CT molecular complexity index is 634. The Balaban J connectivity index is 2.21. The average molecular weight is 294 g/mol. The Kier molecular flexibility index (Phi) is 4.31. The summed E-state index contributed by atoms with van der Waals surface area (Å²) in [5, 5.41) is 0. The van der Waals surface area contributed by atoms with Gasteiger partial charge in [0.25, 0.3) is 0 Å². The SMILES string of the molecule is Cc1ccc(C(F)(F)F)c(C(=O)OCc2ccccc2)c1. The van der Waals surface area contributed by atoms with Crippen LogP contribution in [-0.2, 0) is 17.5 Å². The summed E-state index contributed by atoms with van der Waals surface area (Å²) in [4.78, 5) is 11.9. The Hall–Kier alpha value is -2.30. The van der Waals surface area contributed by atoms with Crippen LogP contribution in [0.15, 0.2) is 48.5 Å². The molecule has 110 valence electrons. The molecule has 21 heavy (non-hydrogen) atoms. The molecular formula is C16H13F3O2. The van der Waals surface area contributed by atoms with E-state index >= 15 is 0 Å². The number of ether oxygens (including phenoxy) is 1. The number of carbonyl (C=O) groups is 1. The molecule has 2 aromatic carbocycles. The summed E-state index contributed by atoms with van der Waals surface area (Å²) in [6.45, 7) is 1.55. The Labute approximate surface area is 120 Å². The highest BCUT2D eigenvalue weighted by Crippen LogP contribution is 2.32. The maximum atomic E-state index is 12.9. The highest BCUT2D eigenvalue weighted by molar-refractivity contribution is 5.91. The molecule has 0 aliphatic heterocycles. The molecule has 0 fully saturated rings. The van der Waals surface area contributed by atoms with Crippen molar-refractivity contribution in [3.63, 3.8) is 0 Å². The third-order valence-corrected chi connectivity index (χ3v) is 2.91. The number of benzene rings is 2. The van der Waals surface area contributed by atoms with E-state index in [-0.39, 0.29) is 6.61 Å². The van der Waals surface area contributed by atoms with Gasteiger partial charge in [-0.15, -0.1) is 0 Å². The van der Waals surface area contributed by atoms with Crippen LogP contribution in [0.4, 0.5) is 13.2 Å². The summed E-state index contributed by atoms with van der Waals surface area (Å²) in [5.74, 6) is -0.977. The zero-order valence-corrected chi connectivity index (χ0v) is 11.3. The number of alkyl halides is 3. The number of aryl methyl sites for hydroxylation is 1. The lowest BCUT2D eigenvalue weighted by molar-refractivity contribution is -0.138. The number of halogens is 3. The lowest BCUT2D eigenvalue weighted by atomic mass is 10.0. The Morgan fingerprint density at radius 2 is 1.76 bits per heavy atom. The Morgan fingerprint density at radius 1 is 1.10 bits per heavy atom. The maximum Gasteiger partial charge on any atom is 0.417 e. The van der Waals surface area contributed by atoms with Crippen molar-refractivity contribution in [3.05, 3.63) is 70.8 Å². The number of carbonyl (C=O) groups excluding carboxylic acids is 1. The largest absolute Gasteiger partial charge is 0.457 e. The predicted octanol–water partition coefficient (Wildman–Crippen LogP) is 4.37. The molecule has 0 aliphatic carbocycles. The lowest BCUT2D eigenvalue weighted by Gasteiger charge is -2.13. The van der Waals surface area contributed by atoms with Gasteiger partial charge in [0.05, 0.1) is 11.1 Å². The van der Waals surface area contributed by atoms with E-state index in [0.717, 1.165) is 6.07 Å². The first kappa shape index (κ1) is 15.1. The fourth-order valence-corrected chi connectivity index (χ4v) is 1.88. The molecule has 0 unspecified atom stereocenters. The molecule has 0 aliphatic rings. The van der Waals surface area contributed by atoms with Crippen LogP contribution in [-0.4, -0.2) is 5.97 Å². The van der Waals surface area contributed by atoms with E-state index in [9.17, 15) is 18.0 Å². The molecule has 2 rings (SSSR count). The van der Waals surface area contributed by atoms with Crippen LogP contribution < -0.4 is 0 Å². The van der Waals surface area contributed by atoms with Crippen LogP contribution in [0, 0.1) is 6.92 Å². The van der Waals surface area contributed by atoms with Crippen LogP contribution in [0.25, 0.3) is 0 Å². The average Bonchev–Trinajstić information content (AvgIpc) is 2.44. The molecule has 2 aromatic rings. The first-order chi connectivity index (χ1) is 9.88. The lowest BCUT2D eigenvalue weighted by Crippen LogP contribution is -2.15. The molecule has 0 bridgehead atoms. The van der Waals surface area contributed by atoms with Gasteiger partial charge in [-0.2, -0.15) is 13.2 Å². The molecule has 0 amide bonds. The summed E-state index contributed by atoms with van der Waals surface area (Å²) in [5.41, 5.74) is -0.161. The number of hydrogen-bond donors (Lipinski definition) is 0. The minimum Gasteiger partial charge on any atom is -0.457 e. The standard InChI is InChI=1S/C16H13F3O2/c1-11-7-8-14(16(17,18)19)13(9-11)15(20)21-10-12-5-3-2-4-6-12/h2-9H,10H2,1H3. The molecule has 0 N–H and O–H groups in total. The molecule has 0 aromatic heterocycles. The van der Waals surface area contributed by atoms with Crippen molar-refractivity contribution >= 4 is 5.97 Å². The highest BCUT2D eigenvalue weighted by Gasteiger charge is 2.35. The summed E-state index contributed by atoms with van der Waals surface area (Å²) in [6.07, 6.45) is -4.59. The minimum absolute atomic E-state index is 0.0646. The molecule has 5 heteroatoms. The smallest absolute Gasteiger partial charge is 0.417 e. The first-order valence-electron chi connectivity index (χ1n) is 6.27. The van der Waals surface area contributed by atoms with Crippen LogP contribution in [0.5, 0.6) is 0 Å². The van der Waals surface area contributed by atoms with Gasteiger partial charge < -0.3 is 4.74 Å². The van der Waals surface area contributed by atoms with Crippen molar-refractivity contribution in [3.8, 4) is 0 Å². The molecule has 0 atom stereocenters. The summed E-state index contributed by atoms with van der Waals surface area (Å²) < 4.78 is 43.7. The van der Waals surface area contributed by atoms with E-state index < -0.39 is 23.3 Å². The van der Waals surface area contributed by atoms with Gasteiger partial charge in [0.2, 0.25) is 0 Å². The second-order valence-corrected chi connectivity index (χ2v) is 4.61. The van der Waals surface area contributed by atoms with Crippen molar-refractivity contribution in [2.45, 2.75) is 19.7 Å². The van der Waals surface area contributed by atoms with Crippen molar-refractivity contribution < 1.29 is 22.7 Å². The fraction of sp³-hybridized carbons (Fsp3) is 0.188. The van der Waals surface area contributed by atoms with Gasteiger partial charge in [0, 0.05) is 0 Å². The van der Waals surface area contributed by atoms with Crippen molar-refractivity contribution in [1.29, 1.82) is 0 Å². The molecule has 0 radical (unpaired) electrons. The topological polar surface area (TPSA) is 26.3 Å². The predicted molar refractivity (Wildman–Crippen MR) is 71.7 cm³/mol.